The molecule has 0 aliphatic carbocycles. The number of nitrogens with one attached hydrogen (secondary N) is 1. The molecule has 1 amide bonds. The van der Waals surface area contributed by atoms with Gasteiger partial charge in [0.2, 0.25) is 0 Å². The number of carbonyl (C=O) groups excluding carboxylic acids is 1. The molecular formula is C20H21ClN4O3S. The average molecular weight is 433 g/mol. The summed E-state index contributed by atoms with van der Waals surface area (Å²) in [5.74, 6) is -0.268. The Hall–Kier alpha value is -2.84. The Bertz CT molecular complexity index is 1110. The van der Waals surface area contributed by atoms with Gasteiger partial charge in [-0.25, -0.2) is 4.98 Å². The number of rotatable bonds is 7. The molecule has 0 aliphatic rings. The first-order valence-corrected chi connectivity index (χ1v) is 10.8. The fourth-order valence-electron chi connectivity index (χ4n) is 2.77. The van der Waals surface area contributed by atoms with Gasteiger partial charge in [0, 0.05) is 30.4 Å². The number of halogens is 1. The summed E-state index contributed by atoms with van der Waals surface area (Å²) in [6, 6.07) is 13.4. The molecule has 3 rings (SSSR count). The Morgan fingerprint density at radius 2 is 1.93 bits per heavy atom. The van der Waals surface area contributed by atoms with Crippen LogP contribution in [0.15, 0.2) is 66.1 Å². The average Bonchev–Trinajstić information content (AvgIpc) is 3.15. The lowest BCUT2D eigenvalue weighted by atomic mass is 10.1. The van der Waals surface area contributed by atoms with E-state index in [1.807, 2.05) is 6.92 Å². The van der Waals surface area contributed by atoms with Gasteiger partial charge in [-0.3, -0.25) is 9.10 Å². The highest BCUT2D eigenvalue weighted by Gasteiger charge is 2.28. The number of nitrogens with zero attached hydrogens (tertiary/aromatic N) is 3. The molecule has 0 bridgehead atoms. The van der Waals surface area contributed by atoms with E-state index in [2.05, 4.69) is 10.3 Å². The molecule has 2 aromatic carbocycles. The molecule has 1 N–H and O–H groups in total. The summed E-state index contributed by atoms with van der Waals surface area (Å²) in [5, 5.41) is 3.21. The van der Waals surface area contributed by atoms with Crippen molar-refractivity contribution in [2.24, 2.45) is 7.05 Å². The van der Waals surface area contributed by atoms with E-state index in [0.29, 0.717) is 22.8 Å². The Morgan fingerprint density at radius 1 is 1.21 bits per heavy atom. The Morgan fingerprint density at radius 3 is 2.55 bits per heavy atom. The van der Waals surface area contributed by atoms with Gasteiger partial charge in [0.1, 0.15) is 0 Å². The van der Waals surface area contributed by atoms with Gasteiger partial charge < -0.3 is 9.88 Å². The van der Waals surface area contributed by atoms with E-state index in [9.17, 15) is 13.2 Å². The Kier molecular flexibility index (Phi) is 6.24. The largest absolute Gasteiger partial charge is 0.352 e. The van der Waals surface area contributed by atoms with Crippen LogP contribution in [0.25, 0.3) is 0 Å². The molecule has 9 heteroatoms. The molecule has 0 spiro atoms. The highest BCUT2D eigenvalue weighted by molar-refractivity contribution is 7.92. The number of imidazole rings is 1. The van der Waals surface area contributed by atoms with Gasteiger partial charge in [0.15, 0.2) is 5.03 Å². The predicted molar refractivity (Wildman–Crippen MR) is 112 cm³/mol. The maximum absolute atomic E-state index is 13.3. The van der Waals surface area contributed by atoms with Gasteiger partial charge in [0.05, 0.1) is 18.6 Å². The van der Waals surface area contributed by atoms with Crippen molar-refractivity contribution in [1.82, 2.24) is 14.9 Å². The maximum Gasteiger partial charge on any atom is 0.283 e. The molecule has 152 valence electrons. The van der Waals surface area contributed by atoms with Crippen LogP contribution in [-0.4, -0.2) is 30.4 Å². The normalized spacial score (nSPS) is 11.3. The zero-order chi connectivity index (χ0) is 21.0. The van der Waals surface area contributed by atoms with Crippen LogP contribution in [0, 0.1) is 0 Å². The van der Waals surface area contributed by atoms with E-state index in [1.54, 1.807) is 60.1 Å². The topological polar surface area (TPSA) is 84.3 Å². The molecule has 0 radical (unpaired) electrons. The second-order valence-electron chi connectivity index (χ2n) is 6.43. The third kappa shape index (κ3) is 4.78. The minimum Gasteiger partial charge on any atom is -0.352 e. The van der Waals surface area contributed by atoms with E-state index >= 15 is 0 Å². The highest BCUT2D eigenvalue weighted by Crippen LogP contribution is 2.26. The molecule has 0 saturated carbocycles. The summed E-state index contributed by atoms with van der Waals surface area (Å²) in [7, 11) is -2.26. The lowest BCUT2D eigenvalue weighted by molar-refractivity contribution is 0.0956. The van der Waals surface area contributed by atoms with Crippen LogP contribution >= 0.6 is 11.6 Å². The third-order valence-corrected chi connectivity index (χ3v) is 6.12. The van der Waals surface area contributed by atoms with Crippen molar-refractivity contribution in [1.29, 1.82) is 0 Å². The second kappa shape index (κ2) is 8.67. The van der Waals surface area contributed by atoms with Gasteiger partial charge in [-0.15, -0.1) is 0 Å². The summed E-state index contributed by atoms with van der Waals surface area (Å²) in [6.07, 6.45) is 2.87. The van der Waals surface area contributed by atoms with Crippen molar-refractivity contribution in [3.8, 4) is 0 Å². The van der Waals surface area contributed by atoms with Crippen LogP contribution < -0.4 is 9.62 Å². The highest BCUT2D eigenvalue weighted by atomic mass is 35.5. The summed E-state index contributed by atoms with van der Waals surface area (Å²) < 4.78 is 29.5. The lowest BCUT2D eigenvalue weighted by Gasteiger charge is -2.24. The van der Waals surface area contributed by atoms with Crippen LogP contribution in [0.4, 0.5) is 5.69 Å². The SMILES string of the molecule is CCNC(=O)c1cccc(N(Cc2ccc(Cl)cc2)S(=O)(=O)c2cn(C)cn2)c1. The second-order valence-corrected chi connectivity index (χ2v) is 8.67. The van der Waals surface area contributed by atoms with Crippen LogP contribution in [-0.2, 0) is 23.6 Å². The van der Waals surface area contributed by atoms with E-state index in [4.69, 9.17) is 11.6 Å². The third-order valence-electron chi connectivity index (χ3n) is 4.21. The Labute approximate surface area is 175 Å². The molecule has 0 atom stereocenters. The van der Waals surface area contributed by atoms with E-state index in [1.165, 1.54) is 16.8 Å². The number of sulfonamides is 1. The predicted octanol–water partition coefficient (Wildman–Crippen LogP) is 3.22. The first-order chi connectivity index (χ1) is 13.8. The number of amides is 1. The minimum atomic E-state index is -3.96. The van der Waals surface area contributed by atoms with Crippen molar-refractivity contribution in [2.45, 2.75) is 18.5 Å². The van der Waals surface area contributed by atoms with Gasteiger partial charge >= 0.3 is 0 Å². The number of hydrogen-bond donors (Lipinski definition) is 1. The standard InChI is InChI=1S/C20H21ClN4O3S/c1-3-22-20(26)16-5-4-6-18(11-16)25(12-15-7-9-17(21)10-8-15)29(27,28)19-13-24(2)14-23-19/h4-11,13-14H,3,12H2,1-2H3,(H,22,26). The zero-order valence-electron chi connectivity index (χ0n) is 16.0. The quantitative estimate of drug-likeness (QED) is 0.621. The number of anilines is 1. The zero-order valence-corrected chi connectivity index (χ0v) is 17.6. The number of benzene rings is 2. The molecule has 1 aromatic heterocycles. The monoisotopic (exact) mass is 432 g/mol. The van der Waals surface area contributed by atoms with Crippen molar-refractivity contribution in [2.75, 3.05) is 10.8 Å². The lowest BCUT2D eigenvalue weighted by Crippen LogP contribution is -2.31. The maximum atomic E-state index is 13.3. The molecule has 0 fully saturated rings. The van der Waals surface area contributed by atoms with Crippen molar-refractivity contribution in [3.63, 3.8) is 0 Å². The van der Waals surface area contributed by atoms with E-state index < -0.39 is 10.0 Å². The molecule has 1 heterocycles. The molecule has 0 unspecified atom stereocenters. The van der Waals surface area contributed by atoms with E-state index in [0.717, 1.165) is 5.56 Å². The van der Waals surface area contributed by atoms with Crippen molar-refractivity contribution in [3.05, 3.63) is 77.2 Å². The van der Waals surface area contributed by atoms with Crippen molar-refractivity contribution < 1.29 is 13.2 Å². The molecule has 0 saturated heterocycles. The number of aryl methyl sites for hydroxylation is 1. The summed E-state index contributed by atoms with van der Waals surface area (Å²) in [4.78, 5) is 16.2. The van der Waals surface area contributed by atoms with Crippen LogP contribution in [0.3, 0.4) is 0 Å². The molecular weight excluding hydrogens is 412 g/mol. The van der Waals surface area contributed by atoms with E-state index in [-0.39, 0.29) is 17.5 Å². The number of carbonyl (C=O) groups is 1. The molecule has 29 heavy (non-hydrogen) atoms. The molecule has 7 nitrogen and oxygen atoms in total. The molecule has 3 aromatic rings. The number of hydrogen-bond acceptors (Lipinski definition) is 4. The van der Waals surface area contributed by atoms with Crippen LogP contribution in [0.1, 0.15) is 22.8 Å². The smallest absolute Gasteiger partial charge is 0.283 e. The number of aromatic nitrogens is 2. The fraction of sp³-hybridized carbons (Fsp3) is 0.200. The minimum absolute atomic E-state index is 0.0644. The fourth-order valence-corrected chi connectivity index (χ4v) is 4.31. The first kappa shape index (κ1) is 20.9. The Balaban J connectivity index is 2.06. The summed E-state index contributed by atoms with van der Waals surface area (Å²) >= 11 is 5.95. The molecule has 0 aliphatic heterocycles. The van der Waals surface area contributed by atoms with Crippen LogP contribution in [0.5, 0.6) is 0 Å². The van der Waals surface area contributed by atoms with Gasteiger partial charge in [-0.1, -0.05) is 29.8 Å². The summed E-state index contributed by atoms with van der Waals surface area (Å²) in [6.45, 7) is 2.36. The first-order valence-electron chi connectivity index (χ1n) is 8.94. The van der Waals surface area contributed by atoms with Crippen LogP contribution in [0.2, 0.25) is 5.02 Å². The van der Waals surface area contributed by atoms with Gasteiger partial charge in [0.25, 0.3) is 15.9 Å². The van der Waals surface area contributed by atoms with Gasteiger partial charge in [-0.2, -0.15) is 8.42 Å². The van der Waals surface area contributed by atoms with Crippen molar-refractivity contribution >= 4 is 33.2 Å². The summed E-state index contributed by atoms with van der Waals surface area (Å²) in [5.41, 5.74) is 1.49. The van der Waals surface area contributed by atoms with Gasteiger partial charge in [-0.05, 0) is 42.8 Å².